The van der Waals surface area contributed by atoms with Crippen molar-refractivity contribution < 1.29 is 13.2 Å². The second-order valence-electron chi connectivity index (χ2n) is 10.0. The minimum absolute atomic E-state index is 0. The molecule has 0 aliphatic carbocycles. The Morgan fingerprint density at radius 1 is 1.03 bits per heavy atom. The van der Waals surface area contributed by atoms with Crippen molar-refractivity contribution in [2.75, 3.05) is 42.9 Å². The van der Waals surface area contributed by atoms with E-state index in [1.165, 1.54) is 27.8 Å². The van der Waals surface area contributed by atoms with Gasteiger partial charge < -0.3 is 4.90 Å². The second kappa shape index (κ2) is 11.6. The predicted molar refractivity (Wildman–Crippen MR) is 162 cm³/mol. The van der Waals surface area contributed by atoms with Crippen LogP contribution in [0.5, 0.6) is 0 Å². The van der Waals surface area contributed by atoms with E-state index >= 15 is 0 Å². The number of anilines is 2. The van der Waals surface area contributed by atoms with Crippen molar-refractivity contribution in [2.24, 2.45) is 0 Å². The van der Waals surface area contributed by atoms with E-state index in [4.69, 9.17) is 4.98 Å². The minimum atomic E-state index is -3.72. The Bertz CT molecular complexity index is 1600. The number of carbonyl (C=O) groups is 1. The quantitative estimate of drug-likeness (QED) is 0.266. The van der Waals surface area contributed by atoms with Gasteiger partial charge in [-0.15, -0.1) is 12.4 Å². The fraction of sp³-hybridized carbons (Fsp3) is 0.310. The summed E-state index contributed by atoms with van der Waals surface area (Å²) < 4.78 is 29.3. The topological polar surface area (TPSA) is 73.8 Å². The Morgan fingerprint density at radius 2 is 1.74 bits per heavy atom. The third-order valence-corrected chi connectivity index (χ3v) is 9.67. The number of aryl methyl sites for hydroxylation is 2. The summed E-state index contributed by atoms with van der Waals surface area (Å²) in [5.41, 5.74) is 5.34. The molecule has 0 saturated heterocycles. The number of hydrogen-bond donors (Lipinski definition) is 0. The maximum absolute atomic E-state index is 13.7. The van der Waals surface area contributed by atoms with Crippen LogP contribution >= 0.6 is 23.7 Å². The summed E-state index contributed by atoms with van der Waals surface area (Å²) in [6.45, 7) is 5.86. The van der Waals surface area contributed by atoms with Gasteiger partial charge in [0, 0.05) is 18.7 Å². The van der Waals surface area contributed by atoms with Gasteiger partial charge in [0.25, 0.3) is 15.9 Å². The zero-order valence-electron chi connectivity index (χ0n) is 22.5. The number of rotatable bonds is 8. The molecule has 1 aromatic heterocycles. The van der Waals surface area contributed by atoms with E-state index in [0.717, 1.165) is 45.6 Å². The average Bonchev–Trinajstić information content (AvgIpc) is 3.51. The number of fused-ring (bicyclic) bond motifs is 2. The van der Waals surface area contributed by atoms with Crippen LogP contribution in [-0.4, -0.2) is 57.9 Å². The maximum Gasteiger partial charge on any atom is 0.264 e. The molecule has 1 aliphatic heterocycles. The van der Waals surface area contributed by atoms with Gasteiger partial charge in [0.05, 0.1) is 20.8 Å². The molecule has 206 valence electrons. The van der Waals surface area contributed by atoms with Crippen LogP contribution in [0, 0.1) is 13.8 Å². The van der Waals surface area contributed by atoms with Gasteiger partial charge in [0.2, 0.25) is 0 Å². The first kappa shape index (κ1) is 29.0. The summed E-state index contributed by atoms with van der Waals surface area (Å²) in [5, 5.41) is 0.655. The Labute approximate surface area is 240 Å². The summed E-state index contributed by atoms with van der Waals surface area (Å²) in [4.78, 5) is 22.6. The van der Waals surface area contributed by atoms with E-state index in [1.807, 2.05) is 45.3 Å². The summed E-state index contributed by atoms with van der Waals surface area (Å²) in [6, 6.07) is 18.1. The Kier molecular flexibility index (Phi) is 8.66. The first-order valence-electron chi connectivity index (χ1n) is 12.7. The maximum atomic E-state index is 13.7. The highest BCUT2D eigenvalue weighted by Gasteiger charge is 2.31. The van der Waals surface area contributed by atoms with Crippen molar-refractivity contribution in [1.82, 2.24) is 9.88 Å². The molecule has 0 fully saturated rings. The molecule has 0 atom stereocenters. The smallest absolute Gasteiger partial charge is 0.264 e. The molecule has 5 rings (SSSR count). The zero-order valence-corrected chi connectivity index (χ0v) is 25.0. The summed E-state index contributed by atoms with van der Waals surface area (Å²) in [7, 11) is 0.291. The van der Waals surface area contributed by atoms with Crippen LogP contribution in [0.25, 0.3) is 10.2 Å². The molecule has 10 heteroatoms. The number of benzene rings is 3. The molecule has 7 nitrogen and oxygen atoms in total. The molecule has 0 unspecified atom stereocenters. The van der Waals surface area contributed by atoms with Crippen LogP contribution in [0.3, 0.4) is 0 Å². The van der Waals surface area contributed by atoms with Crippen molar-refractivity contribution in [1.29, 1.82) is 0 Å². The van der Waals surface area contributed by atoms with Crippen LogP contribution in [0.2, 0.25) is 0 Å². The number of nitrogens with zero attached hydrogens (tertiary/aromatic N) is 4. The zero-order chi connectivity index (χ0) is 27.0. The average molecular weight is 585 g/mol. The van der Waals surface area contributed by atoms with Gasteiger partial charge in [-0.05, 0) is 100 Å². The monoisotopic (exact) mass is 584 g/mol. The SMILES string of the molecule is Cc1cc(C)c2nc(N(CCCN(C)C)C(=O)c3ccc(S(=O)(=O)N4CCc5ccccc54)cc3)sc2c1.Cl. The molecule has 0 radical (unpaired) electrons. The Balaban J connectivity index is 0.00000353. The Hall–Kier alpha value is -2.98. The first-order valence-corrected chi connectivity index (χ1v) is 15.0. The van der Waals surface area contributed by atoms with Gasteiger partial charge >= 0.3 is 0 Å². The molecule has 2 heterocycles. The van der Waals surface area contributed by atoms with Crippen LogP contribution in [-0.2, 0) is 16.4 Å². The molecular formula is C29H33ClN4O3S2. The first-order chi connectivity index (χ1) is 18.1. The van der Waals surface area contributed by atoms with Crippen LogP contribution in [0.4, 0.5) is 10.8 Å². The summed E-state index contributed by atoms with van der Waals surface area (Å²) in [5.74, 6) is -0.187. The lowest BCUT2D eigenvalue weighted by Gasteiger charge is -2.22. The predicted octanol–water partition coefficient (Wildman–Crippen LogP) is 5.68. The van der Waals surface area contributed by atoms with E-state index in [9.17, 15) is 13.2 Å². The molecule has 4 aromatic rings. The van der Waals surface area contributed by atoms with Gasteiger partial charge in [0.15, 0.2) is 5.13 Å². The van der Waals surface area contributed by atoms with Crippen molar-refractivity contribution in [2.45, 2.75) is 31.6 Å². The summed E-state index contributed by atoms with van der Waals surface area (Å²) in [6.07, 6.45) is 1.47. The highest BCUT2D eigenvalue weighted by molar-refractivity contribution is 7.92. The van der Waals surface area contributed by atoms with E-state index in [1.54, 1.807) is 17.0 Å². The third-order valence-electron chi connectivity index (χ3n) is 6.82. The normalized spacial score (nSPS) is 13.0. The number of para-hydroxylation sites is 1. The molecule has 0 N–H and O–H groups in total. The molecule has 0 spiro atoms. The fourth-order valence-corrected chi connectivity index (χ4v) is 7.58. The highest BCUT2D eigenvalue weighted by atomic mass is 35.5. The van der Waals surface area contributed by atoms with Gasteiger partial charge in [-0.3, -0.25) is 14.0 Å². The number of aromatic nitrogens is 1. The fourth-order valence-electron chi connectivity index (χ4n) is 4.91. The number of amides is 1. The number of sulfonamides is 1. The molecule has 1 amide bonds. The molecule has 3 aromatic carbocycles. The van der Waals surface area contributed by atoms with Crippen molar-refractivity contribution in [3.8, 4) is 0 Å². The molecule has 0 saturated carbocycles. The largest absolute Gasteiger partial charge is 0.309 e. The van der Waals surface area contributed by atoms with Crippen molar-refractivity contribution in [3.05, 3.63) is 82.9 Å². The number of hydrogen-bond acceptors (Lipinski definition) is 6. The number of halogens is 1. The van der Waals surface area contributed by atoms with Crippen molar-refractivity contribution in [3.63, 3.8) is 0 Å². The van der Waals surface area contributed by atoms with E-state index in [0.29, 0.717) is 30.2 Å². The van der Waals surface area contributed by atoms with Crippen LogP contribution in [0.15, 0.2) is 65.6 Å². The van der Waals surface area contributed by atoms with E-state index in [2.05, 4.69) is 24.0 Å². The lowest BCUT2D eigenvalue weighted by Crippen LogP contribution is -2.33. The standard InChI is InChI=1S/C29H32N4O3S2.ClH/c1-20-18-21(2)27-26(19-20)37-29(30-27)32(16-7-15-31(3)4)28(34)23-10-12-24(13-11-23)38(35,36)33-17-14-22-8-5-6-9-25(22)33;/h5-6,8-13,18-19H,7,14-17H2,1-4H3;1H. The third kappa shape index (κ3) is 5.82. The van der Waals surface area contributed by atoms with Gasteiger partial charge in [-0.1, -0.05) is 35.6 Å². The lowest BCUT2D eigenvalue weighted by molar-refractivity contribution is 0.0986. The molecule has 39 heavy (non-hydrogen) atoms. The van der Waals surface area contributed by atoms with E-state index in [-0.39, 0.29) is 23.2 Å². The van der Waals surface area contributed by atoms with Crippen LogP contribution in [0.1, 0.15) is 33.5 Å². The summed E-state index contributed by atoms with van der Waals surface area (Å²) >= 11 is 1.51. The van der Waals surface area contributed by atoms with Gasteiger partial charge in [-0.2, -0.15) is 0 Å². The van der Waals surface area contributed by atoms with E-state index < -0.39 is 10.0 Å². The van der Waals surface area contributed by atoms with Gasteiger partial charge in [0.1, 0.15) is 0 Å². The molecule has 0 bridgehead atoms. The number of carbonyl (C=O) groups excluding carboxylic acids is 1. The molecular weight excluding hydrogens is 552 g/mol. The second-order valence-corrected chi connectivity index (χ2v) is 12.9. The van der Waals surface area contributed by atoms with Crippen LogP contribution < -0.4 is 9.21 Å². The lowest BCUT2D eigenvalue weighted by atomic mass is 10.1. The highest BCUT2D eigenvalue weighted by Crippen LogP contribution is 2.34. The molecule has 1 aliphatic rings. The minimum Gasteiger partial charge on any atom is -0.309 e. The number of thiazole rings is 1. The Morgan fingerprint density at radius 3 is 2.46 bits per heavy atom. The van der Waals surface area contributed by atoms with Gasteiger partial charge in [-0.25, -0.2) is 13.4 Å². The van der Waals surface area contributed by atoms with Crippen molar-refractivity contribution >= 4 is 60.7 Å².